The van der Waals surface area contributed by atoms with Crippen LogP contribution in [0.2, 0.25) is 0 Å². The van der Waals surface area contributed by atoms with Crippen molar-refractivity contribution in [2.24, 2.45) is 0 Å². The minimum Gasteiger partial charge on any atom is -0.388 e. The lowest BCUT2D eigenvalue weighted by molar-refractivity contribution is 0.184. The van der Waals surface area contributed by atoms with Crippen molar-refractivity contribution in [1.82, 2.24) is 14.8 Å². The minimum atomic E-state index is -0.0590. The molecule has 1 aliphatic rings. The third-order valence-electron chi connectivity index (χ3n) is 2.09. The summed E-state index contributed by atoms with van der Waals surface area (Å²) in [6, 6.07) is 0.308. The molecule has 0 amide bonds. The fraction of sp³-hybridized carbons (Fsp3) is 0.714. The smallest absolute Gasteiger partial charge is 0.158 e. The highest BCUT2D eigenvalue weighted by molar-refractivity contribution is 4.88. The van der Waals surface area contributed by atoms with Crippen LogP contribution in [0.4, 0.5) is 0 Å². The van der Waals surface area contributed by atoms with Crippen molar-refractivity contribution in [2.45, 2.75) is 19.1 Å². The number of ether oxygens (including phenoxy) is 1. The molecule has 0 aliphatic carbocycles. The van der Waals surface area contributed by atoms with Gasteiger partial charge in [-0.15, -0.1) is 10.2 Å². The van der Waals surface area contributed by atoms with Crippen molar-refractivity contribution in [2.75, 3.05) is 13.2 Å². The zero-order valence-corrected chi connectivity index (χ0v) is 6.68. The Hall–Kier alpha value is -0.940. The molecule has 1 N–H and O–H groups in total. The normalized spacial score (nSPS) is 23.2. The van der Waals surface area contributed by atoms with Crippen molar-refractivity contribution in [3.8, 4) is 0 Å². The van der Waals surface area contributed by atoms with Crippen LogP contribution in [-0.4, -0.2) is 33.1 Å². The van der Waals surface area contributed by atoms with E-state index >= 15 is 0 Å². The van der Waals surface area contributed by atoms with Crippen LogP contribution in [0.1, 0.15) is 18.3 Å². The fourth-order valence-electron chi connectivity index (χ4n) is 1.43. The largest absolute Gasteiger partial charge is 0.388 e. The van der Waals surface area contributed by atoms with Crippen LogP contribution in [0.5, 0.6) is 0 Å². The van der Waals surface area contributed by atoms with Crippen LogP contribution in [0, 0.1) is 0 Å². The fourth-order valence-corrected chi connectivity index (χ4v) is 1.43. The Morgan fingerprint density at radius 1 is 1.75 bits per heavy atom. The molecule has 12 heavy (non-hydrogen) atoms. The molecule has 1 aromatic heterocycles. The van der Waals surface area contributed by atoms with Crippen LogP contribution in [0.15, 0.2) is 6.33 Å². The van der Waals surface area contributed by atoms with E-state index in [9.17, 15) is 0 Å². The summed E-state index contributed by atoms with van der Waals surface area (Å²) < 4.78 is 7.10. The summed E-state index contributed by atoms with van der Waals surface area (Å²) in [5, 5.41) is 16.4. The van der Waals surface area contributed by atoms with Gasteiger partial charge >= 0.3 is 0 Å². The summed E-state index contributed by atoms with van der Waals surface area (Å²) >= 11 is 0. The molecule has 1 aromatic rings. The van der Waals surface area contributed by atoms with Gasteiger partial charge in [0.15, 0.2) is 5.82 Å². The maximum atomic E-state index is 8.90. The summed E-state index contributed by atoms with van der Waals surface area (Å²) in [6.07, 6.45) is 2.62. The third kappa shape index (κ3) is 1.21. The molecule has 0 bridgehead atoms. The Labute approximate surface area is 70.0 Å². The molecular weight excluding hydrogens is 158 g/mol. The second-order valence-corrected chi connectivity index (χ2v) is 2.83. The number of aliphatic hydroxyl groups excluding tert-OH is 1. The van der Waals surface area contributed by atoms with E-state index in [1.54, 1.807) is 6.33 Å². The average molecular weight is 169 g/mol. The number of hydrogen-bond acceptors (Lipinski definition) is 4. The van der Waals surface area contributed by atoms with Gasteiger partial charge in [0, 0.05) is 6.61 Å². The number of aromatic nitrogens is 3. The predicted octanol–water partition coefficient (Wildman–Crippen LogP) is -0.268. The molecular formula is C7H11N3O2. The Balaban J connectivity index is 2.19. The molecule has 0 aromatic carbocycles. The van der Waals surface area contributed by atoms with Gasteiger partial charge in [-0.3, -0.25) is 0 Å². The molecule has 5 heteroatoms. The van der Waals surface area contributed by atoms with Gasteiger partial charge in [0.2, 0.25) is 0 Å². The zero-order valence-electron chi connectivity index (χ0n) is 6.68. The maximum Gasteiger partial charge on any atom is 0.158 e. The lowest BCUT2D eigenvalue weighted by Crippen LogP contribution is -2.11. The van der Waals surface area contributed by atoms with Gasteiger partial charge < -0.3 is 14.4 Å². The van der Waals surface area contributed by atoms with Gasteiger partial charge in [-0.25, -0.2) is 0 Å². The standard InChI is InChI=1S/C7H11N3O2/c11-3-7-9-8-5-10(7)6-1-2-12-4-6/h5-6,11H,1-4H2. The van der Waals surface area contributed by atoms with Crippen molar-refractivity contribution >= 4 is 0 Å². The van der Waals surface area contributed by atoms with Gasteiger partial charge in [0.25, 0.3) is 0 Å². The molecule has 1 fully saturated rings. The summed E-state index contributed by atoms with van der Waals surface area (Å²) in [7, 11) is 0. The first-order valence-electron chi connectivity index (χ1n) is 3.99. The quantitative estimate of drug-likeness (QED) is 0.662. The SMILES string of the molecule is OCc1nncn1C1CCOC1. The van der Waals surface area contributed by atoms with Crippen LogP contribution < -0.4 is 0 Å². The van der Waals surface area contributed by atoms with E-state index in [0.29, 0.717) is 18.5 Å². The van der Waals surface area contributed by atoms with Crippen molar-refractivity contribution in [1.29, 1.82) is 0 Å². The average Bonchev–Trinajstić information content (AvgIpc) is 2.74. The molecule has 5 nitrogen and oxygen atoms in total. The van der Waals surface area contributed by atoms with E-state index in [-0.39, 0.29) is 6.61 Å². The monoisotopic (exact) mass is 169 g/mol. The van der Waals surface area contributed by atoms with Gasteiger partial charge in [0.05, 0.1) is 12.6 Å². The maximum absolute atomic E-state index is 8.90. The van der Waals surface area contributed by atoms with Crippen molar-refractivity contribution < 1.29 is 9.84 Å². The van der Waals surface area contributed by atoms with Gasteiger partial charge in [-0.05, 0) is 6.42 Å². The number of hydrogen-bond donors (Lipinski definition) is 1. The molecule has 2 heterocycles. The second-order valence-electron chi connectivity index (χ2n) is 2.83. The van der Waals surface area contributed by atoms with Gasteiger partial charge in [-0.2, -0.15) is 0 Å². The van der Waals surface area contributed by atoms with Crippen LogP contribution >= 0.6 is 0 Å². The van der Waals surface area contributed by atoms with E-state index in [0.717, 1.165) is 13.0 Å². The van der Waals surface area contributed by atoms with E-state index in [2.05, 4.69) is 10.2 Å². The van der Waals surface area contributed by atoms with E-state index in [1.807, 2.05) is 4.57 Å². The lowest BCUT2D eigenvalue weighted by atomic mass is 10.2. The molecule has 0 radical (unpaired) electrons. The van der Waals surface area contributed by atoms with Crippen LogP contribution in [0.25, 0.3) is 0 Å². The molecule has 1 saturated heterocycles. The highest BCUT2D eigenvalue weighted by atomic mass is 16.5. The first kappa shape index (κ1) is 7.70. The summed E-state index contributed by atoms with van der Waals surface area (Å²) in [5.41, 5.74) is 0. The molecule has 1 aliphatic heterocycles. The lowest BCUT2D eigenvalue weighted by Gasteiger charge is -2.10. The van der Waals surface area contributed by atoms with Gasteiger partial charge in [-0.1, -0.05) is 0 Å². The Morgan fingerprint density at radius 2 is 2.67 bits per heavy atom. The first-order chi connectivity index (χ1) is 5.92. The van der Waals surface area contributed by atoms with E-state index in [4.69, 9.17) is 9.84 Å². The molecule has 1 atom stereocenters. The van der Waals surface area contributed by atoms with Crippen LogP contribution in [-0.2, 0) is 11.3 Å². The second kappa shape index (κ2) is 3.20. The molecule has 2 rings (SSSR count). The van der Waals surface area contributed by atoms with Crippen molar-refractivity contribution in [3.05, 3.63) is 12.2 Å². The first-order valence-corrected chi connectivity index (χ1v) is 3.99. The summed E-state index contributed by atoms with van der Waals surface area (Å²) in [6.45, 7) is 1.43. The van der Waals surface area contributed by atoms with Gasteiger partial charge in [0.1, 0.15) is 12.9 Å². The van der Waals surface area contributed by atoms with E-state index in [1.165, 1.54) is 0 Å². The predicted molar refractivity (Wildman–Crippen MR) is 40.4 cm³/mol. The summed E-state index contributed by atoms with van der Waals surface area (Å²) in [4.78, 5) is 0. The molecule has 1 unspecified atom stereocenters. The highest BCUT2D eigenvalue weighted by Crippen LogP contribution is 2.19. The van der Waals surface area contributed by atoms with Crippen LogP contribution in [0.3, 0.4) is 0 Å². The molecule has 0 saturated carbocycles. The van der Waals surface area contributed by atoms with Crippen molar-refractivity contribution in [3.63, 3.8) is 0 Å². The number of rotatable bonds is 2. The topological polar surface area (TPSA) is 60.2 Å². The third-order valence-corrected chi connectivity index (χ3v) is 2.09. The summed E-state index contributed by atoms with van der Waals surface area (Å²) in [5.74, 6) is 0.616. The highest BCUT2D eigenvalue weighted by Gasteiger charge is 2.19. The molecule has 0 spiro atoms. The van der Waals surface area contributed by atoms with E-state index < -0.39 is 0 Å². The number of nitrogens with zero attached hydrogens (tertiary/aromatic N) is 3. The Bertz CT molecular complexity index is 255. The Morgan fingerprint density at radius 3 is 3.33 bits per heavy atom. The molecule has 66 valence electrons. The minimum absolute atomic E-state index is 0.0590. The number of aliphatic hydroxyl groups is 1. The zero-order chi connectivity index (χ0) is 8.39. The Kier molecular flexibility index (Phi) is 2.05.